The van der Waals surface area contributed by atoms with Crippen molar-refractivity contribution < 1.29 is 64.3 Å². The van der Waals surface area contributed by atoms with Crippen molar-refractivity contribution in [1.29, 1.82) is 0 Å². The Labute approximate surface area is 297 Å². The van der Waals surface area contributed by atoms with Crippen LogP contribution in [0, 0.1) is 11.8 Å². The van der Waals surface area contributed by atoms with E-state index in [1.807, 2.05) is 0 Å². The number of fused-ring (bicyclic) bond motifs is 1. The van der Waals surface area contributed by atoms with Crippen LogP contribution in [0.25, 0.3) is 12.2 Å². The number of esters is 2. The molecule has 1 saturated carbocycles. The van der Waals surface area contributed by atoms with Crippen molar-refractivity contribution in [3.8, 4) is 23.0 Å². The van der Waals surface area contributed by atoms with E-state index in [4.69, 9.17) is 14.2 Å². The van der Waals surface area contributed by atoms with Crippen molar-refractivity contribution in [2.75, 3.05) is 13.7 Å². The highest BCUT2D eigenvalue weighted by Gasteiger charge is 2.83. The number of hydrogen-bond donors (Lipinski definition) is 8. The van der Waals surface area contributed by atoms with Crippen LogP contribution in [-0.2, 0) is 35.0 Å². The molecule has 1 saturated heterocycles. The van der Waals surface area contributed by atoms with E-state index in [9.17, 15) is 50.1 Å². The molecule has 272 valence electrons. The maximum absolute atomic E-state index is 13.9. The highest BCUT2D eigenvalue weighted by molar-refractivity contribution is 5.89. The molecule has 52 heavy (non-hydrogen) atoms. The summed E-state index contributed by atoms with van der Waals surface area (Å²) < 4.78 is 18.6. The Hall–Kier alpha value is -5.67. The molecule has 0 unspecified atom stereocenters. The van der Waals surface area contributed by atoms with Crippen LogP contribution in [0.1, 0.15) is 23.1 Å². The zero-order valence-corrected chi connectivity index (χ0v) is 27.7. The van der Waals surface area contributed by atoms with Crippen LogP contribution >= 0.6 is 0 Å². The Morgan fingerprint density at radius 3 is 1.98 bits per heavy atom. The first kappa shape index (κ1) is 36.1. The fourth-order valence-electron chi connectivity index (χ4n) is 7.58. The van der Waals surface area contributed by atoms with Crippen LogP contribution in [0.4, 0.5) is 0 Å². The smallest absolute Gasteiger partial charge is 0.336 e. The first-order valence-electron chi connectivity index (χ1n) is 16.3. The van der Waals surface area contributed by atoms with E-state index in [0.717, 1.165) is 12.2 Å². The van der Waals surface area contributed by atoms with Crippen LogP contribution < -0.4 is 5.32 Å². The average molecular weight is 716 g/mol. The molecule has 14 heteroatoms. The summed E-state index contributed by atoms with van der Waals surface area (Å²) in [5.74, 6) is -8.07. The maximum Gasteiger partial charge on any atom is 0.336 e. The minimum Gasteiger partial charge on any atom is -0.504 e. The normalized spacial score (nSPS) is 30.6. The molecule has 0 amide bonds. The quantitative estimate of drug-likeness (QED) is 0.0495. The van der Waals surface area contributed by atoms with Crippen molar-refractivity contribution in [2.24, 2.45) is 11.8 Å². The number of carboxylic acids is 1. The van der Waals surface area contributed by atoms with Crippen LogP contribution in [0.5, 0.6) is 23.0 Å². The lowest BCUT2D eigenvalue weighted by molar-refractivity contribution is -0.377. The van der Waals surface area contributed by atoms with Crippen molar-refractivity contribution in [2.45, 2.75) is 41.5 Å². The Morgan fingerprint density at radius 2 is 1.46 bits per heavy atom. The number of phenolic OH excluding ortho intramolecular Hbond substituents is 4. The van der Waals surface area contributed by atoms with Gasteiger partial charge in [-0.15, -0.1) is 0 Å². The van der Waals surface area contributed by atoms with E-state index in [0.29, 0.717) is 5.56 Å². The van der Waals surface area contributed by atoms with E-state index < -0.39 is 82.0 Å². The molecule has 2 bridgehead atoms. The van der Waals surface area contributed by atoms with Gasteiger partial charge in [-0.1, -0.05) is 54.6 Å². The van der Waals surface area contributed by atoms with Crippen molar-refractivity contribution in [1.82, 2.24) is 5.32 Å². The summed E-state index contributed by atoms with van der Waals surface area (Å²) in [5.41, 5.74) is -8.43. The highest BCUT2D eigenvalue weighted by Crippen LogP contribution is 2.62. The van der Waals surface area contributed by atoms with E-state index in [2.05, 4.69) is 5.32 Å². The van der Waals surface area contributed by atoms with Gasteiger partial charge in [-0.2, -0.15) is 0 Å². The standard InChI is InChI=1S/C38H37NO13/c1-39-38(49)25-15-16-35(50-20-25)21-36(48,34(46)47)26(17-22-5-3-2-4-6-22)33(51-31(44)13-9-23-7-11-27(40)29(42)18-23)37(35,38)52-32(45)14-10-24-8-12-28(41)30(43)19-24/h2-16,18-19,25-26,33,39-43,48-49H,17,20-21H2,1H3,(H,46,47)/b13-9+,14-10+/t25-,26+,33+,35+,36+,37+,38-/m0/s1. The largest absolute Gasteiger partial charge is 0.504 e. The van der Waals surface area contributed by atoms with Crippen LogP contribution in [-0.4, -0.2) is 95.9 Å². The summed E-state index contributed by atoms with van der Waals surface area (Å²) in [4.78, 5) is 40.8. The molecule has 7 rings (SSSR count). The zero-order valence-electron chi connectivity index (χ0n) is 27.7. The number of carbonyl (C=O) groups is 3. The van der Waals surface area contributed by atoms with Crippen LogP contribution in [0.2, 0.25) is 0 Å². The van der Waals surface area contributed by atoms with E-state index >= 15 is 0 Å². The van der Waals surface area contributed by atoms with E-state index in [-0.39, 0.29) is 29.9 Å². The second-order valence-electron chi connectivity index (χ2n) is 13.1. The number of aliphatic carboxylic acids is 1. The van der Waals surface area contributed by atoms with Gasteiger partial charge in [0.15, 0.2) is 40.4 Å². The van der Waals surface area contributed by atoms with Gasteiger partial charge in [0.25, 0.3) is 0 Å². The third-order valence-electron chi connectivity index (χ3n) is 10.1. The molecular weight excluding hydrogens is 678 g/mol. The Balaban J connectivity index is 1.52. The number of likely N-dealkylation sites (N-methyl/N-ethyl adjacent to an activating group) is 1. The number of ether oxygens (including phenoxy) is 3. The number of phenols is 4. The number of rotatable bonds is 10. The highest BCUT2D eigenvalue weighted by atomic mass is 16.6. The molecule has 2 fully saturated rings. The molecule has 2 aliphatic carbocycles. The Bertz CT molecular complexity index is 1980. The molecule has 7 atom stereocenters. The number of carboxylic acid groups (broad SMARTS) is 1. The molecule has 0 aromatic heterocycles. The zero-order chi connectivity index (χ0) is 37.5. The summed E-state index contributed by atoms with van der Waals surface area (Å²) in [5, 5.41) is 77.6. The summed E-state index contributed by atoms with van der Waals surface area (Å²) in [6.45, 7) is -0.195. The van der Waals surface area contributed by atoms with Crippen molar-refractivity contribution >= 4 is 30.1 Å². The Kier molecular flexibility index (Phi) is 9.36. The molecule has 2 aliphatic heterocycles. The number of hydrogen-bond acceptors (Lipinski definition) is 13. The van der Waals surface area contributed by atoms with Gasteiger partial charge in [0.05, 0.1) is 6.61 Å². The number of aromatic hydroxyl groups is 4. The van der Waals surface area contributed by atoms with Gasteiger partial charge in [0, 0.05) is 30.4 Å². The van der Waals surface area contributed by atoms with Gasteiger partial charge in [-0.3, -0.25) is 5.32 Å². The summed E-state index contributed by atoms with van der Waals surface area (Å²) in [6, 6.07) is 16.0. The second kappa shape index (κ2) is 13.5. The second-order valence-corrected chi connectivity index (χ2v) is 13.1. The number of carbonyl (C=O) groups excluding carboxylic acids is 2. The topological polar surface area (TPSA) is 233 Å². The third-order valence-corrected chi connectivity index (χ3v) is 10.1. The van der Waals surface area contributed by atoms with Gasteiger partial charge in [-0.25, -0.2) is 14.4 Å². The van der Waals surface area contributed by atoms with Crippen molar-refractivity contribution in [3.05, 3.63) is 108 Å². The molecule has 8 N–H and O–H groups in total. The average Bonchev–Trinajstić information content (AvgIpc) is 3.12. The minimum absolute atomic E-state index is 0.195. The predicted molar refractivity (Wildman–Crippen MR) is 182 cm³/mol. The fourth-order valence-corrected chi connectivity index (χ4v) is 7.58. The first-order valence-corrected chi connectivity index (χ1v) is 16.3. The van der Waals surface area contributed by atoms with E-state index in [1.165, 1.54) is 61.7 Å². The molecular formula is C38H37NO13. The lowest BCUT2D eigenvalue weighted by atomic mass is 9.50. The predicted octanol–water partition coefficient (Wildman–Crippen LogP) is 2.37. The summed E-state index contributed by atoms with van der Waals surface area (Å²) >= 11 is 0. The number of nitrogens with one attached hydrogen (secondary N) is 1. The molecule has 0 radical (unpaired) electrons. The minimum atomic E-state index is -2.69. The maximum atomic E-state index is 13.9. The number of benzene rings is 3. The van der Waals surface area contributed by atoms with Gasteiger partial charge in [0.2, 0.25) is 5.60 Å². The molecule has 3 aromatic rings. The third kappa shape index (κ3) is 5.94. The van der Waals surface area contributed by atoms with Gasteiger partial charge >= 0.3 is 17.9 Å². The summed E-state index contributed by atoms with van der Waals surface area (Å²) in [6.07, 6.45) is 4.50. The monoisotopic (exact) mass is 715 g/mol. The SMILES string of the molecule is CN[C@]1(O)[C@H]2C=C[C@]3(C[C@](O)(C(=O)O)[C@H](Cc4ccccc4)[C@@H](OC(=O)/C=C/c4ccc(O)c(O)c4)[C@@]31OC(=O)/C=C/c1ccc(O)c(O)c1)OC2. The molecule has 1 spiro atoms. The number of aliphatic hydroxyl groups is 2. The molecule has 14 nitrogen and oxygen atoms in total. The summed E-state index contributed by atoms with van der Waals surface area (Å²) in [7, 11) is 1.38. The van der Waals surface area contributed by atoms with Crippen LogP contribution in [0.15, 0.2) is 91.0 Å². The van der Waals surface area contributed by atoms with E-state index in [1.54, 1.807) is 36.4 Å². The Morgan fingerprint density at radius 1 is 0.865 bits per heavy atom. The molecule has 2 heterocycles. The fraction of sp³-hybridized carbons (Fsp3) is 0.289. The van der Waals surface area contributed by atoms with Gasteiger partial charge in [0.1, 0.15) is 5.60 Å². The van der Waals surface area contributed by atoms with Crippen molar-refractivity contribution in [3.63, 3.8) is 0 Å². The van der Waals surface area contributed by atoms with Gasteiger partial charge in [-0.05, 0) is 66.6 Å². The molecule has 4 aliphatic rings. The lowest BCUT2D eigenvalue weighted by Crippen LogP contribution is -2.90. The van der Waals surface area contributed by atoms with Gasteiger partial charge < -0.3 is 50.0 Å². The molecule has 3 aromatic carbocycles. The lowest BCUT2D eigenvalue weighted by Gasteiger charge is -2.68. The van der Waals surface area contributed by atoms with Crippen LogP contribution in [0.3, 0.4) is 0 Å². The first-order chi connectivity index (χ1) is 24.7.